The predicted molar refractivity (Wildman–Crippen MR) is 77.1 cm³/mol. The monoisotopic (exact) mass is 264 g/mol. The Morgan fingerprint density at radius 1 is 1.56 bits per heavy atom. The first kappa shape index (κ1) is 13.4. The van der Waals surface area contributed by atoms with Gasteiger partial charge in [-0.15, -0.1) is 11.8 Å². The highest BCUT2D eigenvalue weighted by molar-refractivity contribution is 7.98. The average Bonchev–Trinajstić information content (AvgIpc) is 2.89. The molecular weight excluding hydrogens is 244 g/mol. The predicted octanol–water partition coefficient (Wildman–Crippen LogP) is 2.74. The summed E-state index contributed by atoms with van der Waals surface area (Å²) >= 11 is 1.68. The van der Waals surface area contributed by atoms with Crippen molar-refractivity contribution in [3.05, 3.63) is 24.3 Å². The van der Waals surface area contributed by atoms with Gasteiger partial charge in [-0.2, -0.15) is 0 Å². The van der Waals surface area contributed by atoms with Crippen molar-refractivity contribution in [3.8, 4) is 0 Å². The summed E-state index contributed by atoms with van der Waals surface area (Å²) in [4.78, 5) is 13.6. The van der Waals surface area contributed by atoms with Gasteiger partial charge in [0.15, 0.2) is 0 Å². The van der Waals surface area contributed by atoms with E-state index in [0.717, 1.165) is 31.6 Å². The Bertz CT molecular complexity index is 428. The fraction of sp³-hybridized carbons (Fsp3) is 0.500. The number of anilines is 1. The molecule has 0 aromatic heterocycles. The molecule has 2 rings (SSSR count). The zero-order valence-electron chi connectivity index (χ0n) is 11.0. The Morgan fingerprint density at radius 2 is 2.39 bits per heavy atom. The first-order valence-electron chi connectivity index (χ1n) is 6.36. The van der Waals surface area contributed by atoms with Gasteiger partial charge in [0.2, 0.25) is 5.91 Å². The summed E-state index contributed by atoms with van der Waals surface area (Å²) in [5.74, 6) is 0.147. The van der Waals surface area contributed by atoms with Crippen molar-refractivity contribution in [1.82, 2.24) is 5.32 Å². The van der Waals surface area contributed by atoms with Crippen molar-refractivity contribution in [2.45, 2.75) is 24.7 Å². The molecule has 0 saturated carbocycles. The molecule has 1 aliphatic heterocycles. The van der Waals surface area contributed by atoms with Crippen molar-refractivity contribution >= 4 is 23.4 Å². The molecule has 1 amide bonds. The van der Waals surface area contributed by atoms with Crippen molar-refractivity contribution in [3.63, 3.8) is 0 Å². The number of carbonyl (C=O) groups is 1. The van der Waals surface area contributed by atoms with Crippen molar-refractivity contribution < 1.29 is 4.79 Å². The zero-order valence-corrected chi connectivity index (χ0v) is 11.8. The van der Waals surface area contributed by atoms with Gasteiger partial charge in [-0.3, -0.25) is 4.79 Å². The second-order valence-electron chi connectivity index (χ2n) is 4.75. The van der Waals surface area contributed by atoms with E-state index in [1.54, 1.807) is 11.8 Å². The van der Waals surface area contributed by atoms with Gasteiger partial charge >= 0.3 is 0 Å². The third-order valence-electron chi connectivity index (χ3n) is 3.73. The van der Waals surface area contributed by atoms with E-state index in [4.69, 9.17) is 0 Å². The molecule has 0 bridgehead atoms. The lowest BCUT2D eigenvalue weighted by Crippen LogP contribution is -2.37. The second-order valence-corrected chi connectivity index (χ2v) is 5.63. The van der Waals surface area contributed by atoms with Crippen LogP contribution in [0.3, 0.4) is 0 Å². The molecule has 1 aliphatic rings. The minimum atomic E-state index is -0.227. The van der Waals surface area contributed by atoms with Gasteiger partial charge in [0.05, 0.1) is 5.41 Å². The first-order valence-corrected chi connectivity index (χ1v) is 7.59. The standard InChI is InChI=1S/C14H20N2OS/c1-3-14(7-8-15-10-14)13(17)16-11-5-4-6-12(9-11)18-2/h4-6,9,15H,3,7-8,10H2,1-2H3,(H,16,17). The van der Waals surface area contributed by atoms with Gasteiger partial charge in [-0.05, 0) is 43.8 Å². The van der Waals surface area contributed by atoms with E-state index in [0.29, 0.717) is 0 Å². The van der Waals surface area contributed by atoms with Crippen LogP contribution in [0, 0.1) is 5.41 Å². The van der Waals surface area contributed by atoms with Gasteiger partial charge in [-0.1, -0.05) is 13.0 Å². The summed E-state index contributed by atoms with van der Waals surface area (Å²) in [5.41, 5.74) is 0.668. The molecule has 0 radical (unpaired) electrons. The third-order valence-corrected chi connectivity index (χ3v) is 4.46. The average molecular weight is 264 g/mol. The molecule has 0 aliphatic carbocycles. The number of amides is 1. The van der Waals surface area contributed by atoms with E-state index in [1.807, 2.05) is 30.5 Å². The number of carbonyl (C=O) groups excluding carboxylic acids is 1. The van der Waals surface area contributed by atoms with Crippen LogP contribution in [0.2, 0.25) is 0 Å². The summed E-state index contributed by atoms with van der Waals surface area (Å²) in [7, 11) is 0. The summed E-state index contributed by atoms with van der Waals surface area (Å²) in [6.45, 7) is 3.81. The quantitative estimate of drug-likeness (QED) is 0.822. The molecule has 98 valence electrons. The minimum Gasteiger partial charge on any atom is -0.326 e. The van der Waals surface area contributed by atoms with Crippen LogP contribution < -0.4 is 10.6 Å². The Morgan fingerprint density at radius 3 is 3.00 bits per heavy atom. The van der Waals surface area contributed by atoms with Crippen LogP contribution in [-0.4, -0.2) is 25.3 Å². The lowest BCUT2D eigenvalue weighted by Gasteiger charge is -2.25. The molecule has 1 aromatic carbocycles. The maximum absolute atomic E-state index is 12.4. The smallest absolute Gasteiger partial charge is 0.231 e. The Balaban J connectivity index is 2.10. The number of nitrogens with one attached hydrogen (secondary N) is 2. The molecule has 1 aromatic rings. The molecule has 1 unspecified atom stereocenters. The zero-order chi connectivity index (χ0) is 13.0. The molecule has 1 atom stereocenters. The molecule has 18 heavy (non-hydrogen) atoms. The maximum atomic E-state index is 12.4. The van der Waals surface area contributed by atoms with Gasteiger partial charge in [0.1, 0.15) is 0 Å². The van der Waals surface area contributed by atoms with Crippen LogP contribution in [0.15, 0.2) is 29.2 Å². The van der Waals surface area contributed by atoms with Gasteiger partial charge in [-0.25, -0.2) is 0 Å². The summed E-state index contributed by atoms with van der Waals surface area (Å²) in [6.07, 6.45) is 3.85. The van der Waals surface area contributed by atoms with Gasteiger partial charge in [0.25, 0.3) is 0 Å². The highest BCUT2D eigenvalue weighted by atomic mass is 32.2. The number of benzene rings is 1. The normalized spacial score (nSPS) is 23.0. The van der Waals surface area contributed by atoms with E-state index in [2.05, 4.69) is 17.6 Å². The SMILES string of the molecule is CCC1(C(=O)Nc2cccc(SC)c2)CCNC1. The highest BCUT2D eigenvalue weighted by Gasteiger charge is 2.39. The van der Waals surface area contributed by atoms with E-state index in [1.165, 1.54) is 4.90 Å². The lowest BCUT2D eigenvalue weighted by atomic mass is 9.83. The first-order chi connectivity index (χ1) is 8.70. The van der Waals surface area contributed by atoms with Crippen molar-refractivity contribution in [1.29, 1.82) is 0 Å². The number of thioether (sulfide) groups is 1. The molecule has 2 N–H and O–H groups in total. The van der Waals surface area contributed by atoms with Gasteiger partial charge in [0, 0.05) is 17.1 Å². The summed E-state index contributed by atoms with van der Waals surface area (Å²) in [5, 5.41) is 6.35. The van der Waals surface area contributed by atoms with E-state index >= 15 is 0 Å². The Labute approximate surface area is 113 Å². The highest BCUT2D eigenvalue weighted by Crippen LogP contribution is 2.31. The number of rotatable bonds is 4. The van der Waals surface area contributed by atoms with Crippen LogP contribution in [0.5, 0.6) is 0 Å². The topological polar surface area (TPSA) is 41.1 Å². The fourth-order valence-corrected chi connectivity index (χ4v) is 2.82. The van der Waals surface area contributed by atoms with Crippen LogP contribution in [0.25, 0.3) is 0 Å². The Hall–Kier alpha value is -1.00. The maximum Gasteiger partial charge on any atom is 0.231 e. The summed E-state index contributed by atoms with van der Waals surface area (Å²) in [6, 6.07) is 8.00. The van der Waals surface area contributed by atoms with Crippen LogP contribution in [0.4, 0.5) is 5.69 Å². The number of hydrogen-bond acceptors (Lipinski definition) is 3. The third kappa shape index (κ3) is 2.70. The van der Waals surface area contributed by atoms with Gasteiger partial charge < -0.3 is 10.6 Å². The van der Waals surface area contributed by atoms with E-state index in [-0.39, 0.29) is 11.3 Å². The molecule has 4 heteroatoms. The van der Waals surface area contributed by atoms with Crippen molar-refractivity contribution in [2.24, 2.45) is 5.41 Å². The minimum absolute atomic E-state index is 0.147. The van der Waals surface area contributed by atoms with Crippen LogP contribution in [0.1, 0.15) is 19.8 Å². The number of hydrogen-bond donors (Lipinski definition) is 2. The molecule has 1 heterocycles. The van der Waals surface area contributed by atoms with Crippen molar-refractivity contribution in [2.75, 3.05) is 24.7 Å². The second kappa shape index (κ2) is 5.76. The molecule has 1 saturated heterocycles. The lowest BCUT2D eigenvalue weighted by molar-refractivity contribution is -0.124. The molecular formula is C14H20N2OS. The summed E-state index contributed by atoms with van der Waals surface area (Å²) < 4.78 is 0. The molecule has 1 fully saturated rings. The fourth-order valence-electron chi connectivity index (χ4n) is 2.36. The van der Waals surface area contributed by atoms with Crippen LogP contribution in [-0.2, 0) is 4.79 Å². The molecule has 0 spiro atoms. The van der Waals surface area contributed by atoms with E-state index < -0.39 is 0 Å². The van der Waals surface area contributed by atoms with E-state index in [9.17, 15) is 4.79 Å². The largest absolute Gasteiger partial charge is 0.326 e. The van der Waals surface area contributed by atoms with Crippen LogP contribution >= 0.6 is 11.8 Å². The Kier molecular flexibility index (Phi) is 4.30. The molecule has 3 nitrogen and oxygen atoms in total.